The Kier molecular flexibility index (Phi) is 7.89. The van der Waals surface area contributed by atoms with Gasteiger partial charge in [-0.15, -0.1) is 0 Å². The molecule has 6 nitrogen and oxygen atoms in total. The molecule has 3 N–H and O–H groups in total. The van der Waals surface area contributed by atoms with Gasteiger partial charge in [-0.05, 0) is 30.5 Å². The molecule has 0 aliphatic carbocycles. The predicted molar refractivity (Wildman–Crippen MR) is 79.4 cm³/mol. The van der Waals surface area contributed by atoms with Crippen LogP contribution in [0.1, 0.15) is 35.7 Å². The van der Waals surface area contributed by atoms with Crippen molar-refractivity contribution in [1.29, 1.82) is 0 Å². The molecule has 0 radical (unpaired) electrons. The summed E-state index contributed by atoms with van der Waals surface area (Å²) in [4.78, 5) is 22.2. The molecule has 1 rings (SSSR count). The molecular weight excluding hydrogens is 272 g/mol. The smallest absolute Gasteiger partial charge is 0.335 e. The van der Waals surface area contributed by atoms with Crippen LogP contribution in [0.15, 0.2) is 24.3 Å². The van der Waals surface area contributed by atoms with E-state index >= 15 is 0 Å². The van der Waals surface area contributed by atoms with Gasteiger partial charge in [0.1, 0.15) is 0 Å². The van der Waals surface area contributed by atoms with Crippen LogP contribution in [0.3, 0.4) is 0 Å². The molecular formula is C15H22N2O4. The predicted octanol–water partition coefficient (Wildman–Crippen LogP) is 2.00. The second-order valence-electron chi connectivity index (χ2n) is 4.58. The van der Waals surface area contributed by atoms with Crippen molar-refractivity contribution < 1.29 is 19.4 Å². The summed E-state index contributed by atoms with van der Waals surface area (Å²) in [5.41, 5.74) is 1.08. The molecule has 0 spiro atoms. The Morgan fingerprint density at radius 1 is 1.14 bits per heavy atom. The molecule has 0 atom stereocenters. The first-order valence-electron chi connectivity index (χ1n) is 7.05. The second-order valence-corrected chi connectivity index (χ2v) is 4.58. The fourth-order valence-corrected chi connectivity index (χ4v) is 1.63. The normalized spacial score (nSPS) is 10.1. The molecule has 0 heterocycles. The number of hydrogen-bond donors (Lipinski definition) is 3. The van der Waals surface area contributed by atoms with Crippen molar-refractivity contribution in [2.75, 3.05) is 19.8 Å². The third-order valence-corrected chi connectivity index (χ3v) is 2.75. The first kappa shape index (κ1) is 17.0. The molecule has 0 fully saturated rings. The molecule has 2 amide bonds. The third kappa shape index (κ3) is 7.31. The number of carboxylic acid groups (broad SMARTS) is 1. The number of aromatic carboxylic acids is 1. The Labute approximate surface area is 124 Å². The maximum Gasteiger partial charge on any atom is 0.335 e. The first-order chi connectivity index (χ1) is 10.1. The SMILES string of the molecule is CCCOCCCNC(=O)NCc1ccc(C(=O)O)cc1. The minimum absolute atomic E-state index is 0.232. The third-order valence-electron chi connectivity index (χ3n) is 2.75. The van der Waals surface area contributed by atoms with Crippen LogP contribution in [-0.4, -0.2) is 36.9 Å². The number of amides is 2. The van der Waals surface area contributed by atoms with Gasteiger partial charge in [0.15, 0.2) is 0 Å². The van der Waals surface area contributed by atoms with Gasteiger partial charge in [0.2, 0.25) is 0 Å². The Hall–Kier alpha value is -2.08. The zero-order valence-corrected chi connectivity index (χ0v) is 12.2. The quantitative estimate of drug-likeness (QED) is 0.608. The zero-order chi connectivity index (χ0) is 15.5. The molecule has 21 heavy (non-hydrogen) atoms. The summed E-state index contributed by atoms with van der Waals surface area (Å²) in [5.74, 6) is -0.961. The summed E-state index contributed by atoms with van der Waals surface area (Å²) in [5, 5.41) is 14.2. The second kappa shape index (κ2) is 9.77. The lowest BCUT2D eigenvalue weighted by atomic mass is 10.1. The number of hydrogen-bond acceptors (Lipinski definition) is 3. The monoisotopic (exact) mass is 294 g/mol. The molecule has 0 aliphatic heterocycles. The molecule has 6 heteroatoms. The van der Waals surface area contributed by atoms with Crippen LogP contribution in [0.25, 0.3) is 0 Å². The van der Waals surface area contributed by atoms with E-state index < -0.39 is 5.97 Å². The van der Waals surface area contributed by atoms with Gasteiger partial charge >= 0.3 is 12.0 Å². The summed E-state index contributed by atoms with van der Waals surface area (Å²) >= 11 is 0. The minimum Gasteiger partial charge on any atom is -0.478 e. The molecule has 0 saturated carbocycles. The molecule has 0 unspecified atom stereocenters. The highest BCUT2D eigenvalue weighted by molar-refractivity contribution is 5.87. The number of ether oxygens (including phenoxy) is 1. The van der Waals surface area contributed by atoms with E-state index in [2.05, 4.69) is 17.6 Å². The molecule has 0 saturated heterocycles. The Morgan fingerprint density at radius 2 is 1.86 bits per heavy atom. The highest BCUT2D eigenvalue weighted by Gasteiger charge is 2.03. The van der Waals surface area contributed by atoms with Gasteiger partial charge in [0.25, 0.3) is 0 Å². The van der Waals surface area contributed by atoms with E-state index in [1.54, 1.807) is 12.1 Å². The van der Waals surface area contributed by atoms with Crippen LogP contribution in [0.2, 0.25) is 0 Å². The van der Waals surface area contributed by atoms with E-state index in [-0.39, 0.29) is 11.6 Å². The summed E-state index contributed by atoms with van der Waals surface area (Å²) in [6.07, 6.45) is 1.77. The zero-order valence-electron chi connectivity index (χ0n) is 12.2. The van der Waals surface area contributed by atoms with Crippen LogP contribution in [0.5, 0.6) is 0 Å². The lowest BCUT2D eigenvalue weighted by molar-refractivity contribution is 0.0697. The van der Waals surface area contributed by atoms with Crippen LogP contribution in [0, 0.1) is 0 Å². The summed E-state index contributed by atoms with van der Waals surface area (Å²) in [6.45, 7) is 4.36. The molecule has 0 aromatic heterocycles. The fourth-order valence-electron chi connectivity index (χ4n) is 1.63. The molecule has 0 aliphatic rings. The maximum atomic E-state index is 11.5. The van der Waals surface area contributed by atoms with Gasteiger partial charge in [-0.2, -0.15) is 0 Å². The summed E-state index contributed by atoms with van der Waals surface area (Å²) in [6, 6.07) is 6.16. The van der Waals surface area contributed by atoms with E-state index in [1.807, 2.05) is 0 Å². The molecule has 1 aromatic carbocycles. The number of rotatable bonds is 9. The number of carbonyl (C=O) groups excluding carboxylic acids is 1. The topological polar surface area (TPSA) is 87.7 Å². The Balaban J connectivity index is 2.16. The largest absolute Gasteiger partial charge is 0.478 e. The van der Waals surface area contributed by atoms with E-state index in [9.17, 15) is 9.59 Å². The van der Waals surface area contributed by atoms with Crippen molar-refractivity contribution in [2.24, 2.45) is 0 Å². The van der Waals surface area contributed by atoms with Crippen molar-refractivity contribution in [3.8, 4) is 0 Å². The van der Waals surface area contributed by atoms with E-state index in [1.165, 1.54) is 12.1 Å². The van der Waals surface area contributed by atoms with Gasteiger partial charge in [-0.3, -0.25) is 0 Å². The minimum atomic E-state index is -0.961. The molecule has 1 aromatic rings. The van der Waals surface area contributed by atoms with E-state index in [4.69, 9.17) is 9.84 Å². The van der Waals surface area contributed by atoms with Crippen LogP contribution < -0.4 is 10.6 Å². The van der Waals surface area contributed by atoms with Crippen molar-refractivity contribution in [3.63, 3.8) is 0 Å². The average molecular weight is 294 g/mol. The van der Waals surface area contributed by atoms with E-state index in [0.717, 1.165) is 25.0 Å². The van der Waals surface area contributed by atoms with Crippen molar-refractivity contribution >= 4 is 12.0 Å². The fraction of sp³-hybridized carbons (Fsp3) is 0.467. The number of benzene rings is 1. The number of carbonyl (C=O) groups is 2. The first-order valence-corrected chi connectivity index (χ1v) is 7.05. The van der Waals surface area contributed by atoms with Gasteiger partial charge in [-0.25, -0.2) is 9.59 Å². The maximum absolute atomic E-state index is 11.5. The van der Waals surface area contributed by atoms with E-state index in [0.29, 0.717) is 19.7 Å². The number of carboxylic acids is 1. The van der Waals surface area contributed by atoms with Crippen molar-refractivity contribution in [2.45, 2.75) is 26.3 Å². The molecule has 116 valence electrons. The summed E-state index contributed by atoms with van der Waals surface area (Å²) in [7, 11) is 0. The lowest BCUT2D eigenvalue weighted by Crippen LogP contribution is -2.35. The van der Waals surface area contributed by atoms with Gasteiger partial charge < -0.3 is 20.5 Å². The van der Waals surface area contributed by atoms with Gasteiger partial charge in [0.05, 0.1) is 5.56 Å². The van der Waals surface area contributed by atoms with Crippen LogP contribution in [0.4, 0.5) is 4.79 Å². The Morgan fingerprint density at radius 3 is 2.48 bits per heavy atom. The van der Waals surface area contributed by atoms with Crippen molar-refractivity contribution in [1.82, 2.24) is 10.6 Å². The van der Waals surface area contributed by atoms with Crippen molar-refractivity contribution in [3.05, 3.63) is 35.4 Å². The highest BCUT2D eigenvalue weighted by Crippen LogP contribution is 2.04. The standard InChI is InChI=1S/C15H22N2O4/c1-2-9-21-10-3-8-16-15(20)17-11-12-4-6-13(7-5-12)14(18)19/h4-7H,2-3,8-11H2,1H3,(H,18,19)(H2,16,17,20). The molecule has 0 bridgehead atoms. The average Bonchev–Trinajstić information content (AvgIpc) is 2.49. The number of urea groups is 1. The highest BCUT2D eigenvalue weighted by atomic mass is 16.5. The van der Waals surface area contributed by atoms with Crippen LogP contribution >= 0.6 is 0 Å². The number of nitrogens with one attached hydrogen (secondary N) is 2. The van der Waals surface area contributed by atoms with Crippen LogP contribution in [-0.2, 0) is 11.3 Å². The van der Waals surface area contributed by atoms with Gasteiger partial charge in [0, 0.05) is 26.3 Å². The Bertz CT molecular complexity index is 445. The summed E-state index contributed by atoms with van der Waals surface area (Å²) < 4.78 is 5.30. The lowest BCUT2D eigenvalue weighted by Gasteiger charge is -2.08. The van der Waals surface area contributed by atoms with Gasteiger partial charge in [-0.1, -0.05) is 19.1 Å².